The van der Waals surface area contributed by atoms with E-state index in [9.17, 15) is 9.59 Å². The lowest BCUT2D eigenvalue weighted by Gasteiger charge is -2.31. The molecule has 9 nitrogen and oxygen atoms in total. The number of carbonyl (C=O) groups is 2. The normalized spacial score (nSPS) is 21.6. The largest absolute Gasteiger partial charge is 0.486 e. The molecule has 11 heteroatoms. The van der Waals surface area contributed by atoms with E-state index in [4.69, 9.17) is 21.1 Å². The van der Waals surface area contributed by atoms with Gasteiger partial charge in [0.25, 0.3) is 5.91 Å². The minimum atomic E-state index is -0.927. The molecule has 2 aromatic heterocycles. The van der Waals surface area contributed by atoms with Crippen molar-refractivity contribution in [3.63, 3.8) is 0 Å². The lowest BCUT2D eigenvalue weighted by atomic mass is 10.3. The van der Waals surface area contributed by atoms with Crippen LogP contribution in [0.5, 0.6) is 0 Å². The predicted molar refractivity (Wildman–Crippen MR) is 112 cm³/mol. The van der Waals surface area contributed by atoms with Crippen molar-refractivity contribution in [2.75, 3.05) is 43.4 Å². The monoisotopic (exact) mass is 447 g/mol. The Kier molecular flexibility index (Phi) is 5.13. The highest BCUT2D eigenvalue weighted by molar-refractivity contribution is 8.03. The number of carbonyl (C=O) groups excluding carboxylic acids is 2. The Morgan fingerprint density at radius 3 is 2.87 bits per heavy atom. The first-order chi connectivity index (χ1) is 14.6. The Labute approximate surface area is 181 Å². The summed E-state index contributed by atoms with van der Waals surface area (Å²) in [6.45, 7) is 2.92. The lowest BCUT2D eigenvalue weighted by Crippen LogP contribution is -2.49. The third kappa shape index (κ3) is 3.44. The summed E-state index contributed by atoms with van der Waals surface area (Å²) in [6.07, 6.45) is -1.40. The molecule has 2 aromatic rings. The summed E-state index contributed by atoms with van der Waals surface area (Å²) in [5, 5.41) is 4.28. The van der Waals surface area contributed by atoms with Crippen molar-refractivity contribution in [1.82, 2.24) is 20.2 Å². The Morgan fingerprint density at radius 2 is 2.03 bits per heavy atom. The minimum absolute atomic E-state index is 0.213. The van der Waals surface area contributed by atoms with Crippen LogP contribution in [0.25, 0.3) is 11.0 Å². The number of halogens is 1. The van der Waals surface area contributed by atoms with Crippen molar-refractivity contribution >= 4 is 52.2 Å². The van der Waals surface area contributed by atoms with Crippen molar-refractivity contribution in [3.05, 3.63) is 40.1 Å². The van der Waals surface area contributed by atoms with Crippen molar-refractivity contribution in [3.8, 4) is 0 Å². The van der Waals surface area contributed by atoms with E-state index in [0.29, 0.717) is 60.1 Å². The van der Waals surface area contributed by atoms with Crippen molar-refractivity contribution < 1.29 is 19.1 Å². The molecule has 1 atom stereocenters. The van der Waals surface area contributed by atoms with Crippen LogP contribution in [0.15, 0.2) is 34.9 Å². The Bertz CT molecular complexity index is 1060. The molecule has 0 radical (unpaired) electrons. The smallest absolute Gasteiger partial charge is 0.412 e. The summed E-state index contributed by atoms with van der Waals surface area (Å²) in [6, 6.07) is 6.98. The molecule has 1 fully saturated rings. The van der Waals surface area contributed by atoms with Crippen LogP contribution in [0.1, 0.15) is 0 Å². The average molecular weight is 448 g/mol. The maximum Gasteiger partial charge on any atom is 0.412 e. The molecule has 30 heavy (non-hydrogen) atoms. The fourth-order valence-corrected chi connectivity index (χ4v) is 4.67. The number of ether oxygens (including phenoxy) is 2. The maximum absolute atomic E-state index is 13.1. The van der Waals surface area contributed by atoms with E-state index in [1.165, 1.54) is 16.7 Å². The van der Waals surface area contributed by atoms with Crippen LogP contribution in [0.4, 0.5) is 10.6 Å². The Morgan fingerprint density at radius 1 is 1.23 bits per heavy atom. The van der Waals surface area contributed by atoms with Gasteiger partial charge < -0.3 is 19.7 Å². The molecule has 1 saturated heterocycles. The van der Waals surface area contributed by atoms with Gasteiger partial charge in [-0.25, -0.2) is 19.7 Å². The van der Waals surface area contributed by atoms with Crippen LogP contribution < -0.4 is 10.2 Å². The van der Waals surface area contributed by atoms with Crippen LogP contribution in [-0.2, 0) is 14.3 Å². The average Bonchev–Trinajstić information content (AvgIpc) is 3.05. The van der Waals surface area contributed by atoms with E-state index in [2.05, 4.69) is 15.3 Å². The molecule has 0 bridgehead atoms. The molecule has 0 spiro atoms. The van der Waals surface area contributed by atoms with Gasteiger partial charge in [0.05, 0.1) is 11.5 Å². The number of rotatable bonds is 2. The van der Waals surface area contributed by atoms with E-state index in [0.717, 1.165) is 5.39 Å². The number of thioether (sulfide) groups is 1. The topological polar surface area (TPSA) is 96.9 Å². The summed E-state index contributed by atoms with van der Waals surface area (Å²) in [5.74, 6) is 0.817. The molecule has 0 saturated carbocycles. The zero-order valence-electron chi connectivity index (χ0n) is 15.8. The second kappa shape index (κ2) is 7.93. The van der Waals surface area contributed by atoms with Gasteiger partial charge in [0.2, 0.25) is 6.23 Å². The van der Waals surface area contributed by atoms with Gasteiger partial charge in [0.15, 0.2) is 11.4 Å². The van der Waals surface area contributed by atoms with Gasteiger partial charge in [-0.3, -0.25) is 4.79 Å². The minimum Gasteiger partial charge on any atom is -0.486 e. The van der Waals surface area contributed by atoms with Crippen molar-refractivity contribution in [2.45, 2.75) is 6.23 Å². The number of nitrogens with one attached hydrogen (secondary N) is 1. The molecule has 1 N–H and O–H groups in total. The first-order valence-corrected chi connectivity index (χ1v) is 10.9. The molecule has 156 valence electrons. The molecule has 1 unspecified atom stereocenters. The maximum atomic E-state index is 13.1. The number of amides is 2. The van der Waals surface area contributed by atoms with Gasteiger partial charge in [-0.05, 0) is 24.3 Å². The lowest BCUT2D eigenvalue weighted by molar-refractivity contribution is -0.118. The van der Waals surface area contributed by atoms with Crippen LogP contribution in [0.3, 0.4) is 0 Å². The number of fused-ring (bicyclic) bond motifs is 1. The van der Waals surface area contributed by atoms with Gasteiger partial charge in [0, 0.05) is 37.3 Å². The van der Waals surface area contributed by atoms with Crippen LogP contribution >= 0.6 is 23.4 Å². The molecule has 5 heterocycles. The zero-order valence-corrected chi connectivity index (χ0v) is 17.4. The molecule has 0 aliphatic carbocycles. The highest BCUT2D eigenvalue weighted by Gasteiger charge is 2.47. The molecular formula is C19H18ClN5O4S. The highest BCUT2D eigenvalue weighted by Crippen LogP contribution is 2.40. The fraction of sp³-hybridized carbons (Fsp3) is 0.368. The Hall–Kier alpha value is -2.56. The molecule has 3 aliphatic heterocycles. The van der Waals surface area contributed by atoms with Crippen LogP contribution in [0, 0.1) is 0 Å². The SMILES string of the molecule is O=C(OC1C2=C(OCCS2)C(=O)N1c1ccc2ccc(Cl)nc2n1)N1CCNCC1. The van der Waals surface area contributed by atoms with Gasteiger partial charge in [-0.1, -0.05) is 11.6 Å². The first kappa shape index (κ1) is 19.4. The van der Waals surface area contributed by atoms with Crippen molar-refractivity contribution in [2.24, 2.45) is 0 Å². The van der Waals surface area contributed by atoms with E-state index >= 15 is 0 Å². The number of hydrogen-bond acceptors (Lipinski definition) is 8. The predicted octanol–water partition coefficient (Wildman–Crippen LogP) is 1.97. The van der Waals surface area contributed by atoms with Crippen LogP contribution in [-0.4, -0.2) is 71.6 Å². The number of hydrogen-bond donors (Lipinski definition) is 1. The molecule has 5 rings (SSSR count). The third-order valence-electron chi connectivity index (χ3n) is 5.02. The summed E-state index contributed by atoms with van der Waals surface area (Å²) >= 11 is 7.46. The van der Waals surface area contributed by atoms with E-state index < -0.39 is 12.3 Å². The summed E-state index contributed by atoms with van der Waals surface area (Å²) < 4.78 is 11.4. The van der Waals surface area contributed by atoms with Gasteiger partial charge in [-0.2, -0.15) is 0 Å². The number of pyridine rings is 2. The quantitative estimate of drug-likeness (QED) is 0.698. The summed E-state index contributed by atoms with van der Waals surface area (Å²) in [5.41, 5.74) is 0.401. The van der Waals surface area contributed by atoms with E-state index in [1.54, 1.807) is 29.2 Å². The van der Waals surface area contributed by atoms with Gasteiger partial charge >= 0.3 is 6.09 Å². The second-order valence-corrected chi connectivity index (χ2v) is 8.41. The Balaban J connectivity index is 1.50. The first-order valence-electron chi connectivity index (χ1n) is 9.55. The molecule has 3 aliphatic rings. The highest BCUT2D eigenvalue weighted by atomic mass is 35.5. The summed E-state index contributed by atoms with van der Waals surface area (Å²) in [7, 11) is 0. The van der Waals surface area contributed by atoms with Gasteiger partial charge in [-0.15, -0.1) is 11.8 Å². The second-order valence-electron chi connectivity index (χ2n) is 6.89. The van der Waals surface area contributed by atoms with Crippen molar-refractivity contribution in [1.29, 1.82) is 0 Å². The van der Waals surface area contributed by atoms with Gasteiger partial charge in [0.1, 0.15) is 11.0 Å². The van der Waals surface area contributed by atoms with Crippen LogP contribution in [0.2, 0.25) is 5.15 Å². The molecule has 2 amide bonds. The number of anilines is 1. The number of nitrogens with zero attached hydrogens (tertiary/aromatic N) is 4. The summed E-state index contributed by atoms with van der Waals surface area (Å²) in [4.78, 5) is 38.2. The van der Waals surface area contributed by atoms with E-state index in [-0.39, 0.29) is 11.7 Å². The zero-order chi connectivity index (χ0) is 20.7. The third-order valence-corrected chi connectivity index (χ3v) is 6.30. The number of piperazine rings is 1. The standard InChI is InChI=1S/C19H18ClN5O4S/c20-12-3-1-11-2-4-13(23-16(11)22-12)25-17(26)14-15(30-10-9-28-14)18(25)29-19(27)24-7-5-21-6-8-24/h1-4,18,21H,5-10H2. The fourth-order valence-electron chi connectivity index (χ4n) is 3.56. The molecule has 0 aromatic carbocycles. The molecular weight excluding hydrogens is 430 g/mol. The number of aromatic nitrogens is 2. The van der Waals surface area contributed by atoms with E-state index in [1.807, 2.05) is 0 Å².